The first-order valence-corrected chi connectivity index (χ1v) is 6.91. The van der Waals surface area contributed by atoms with Gasteiger partial charge in [0.15, 0.2) is 0 Å². The van der Waals surface area contributed by atoms with E-state index < -0.39 is 12.8 Å². The highest BCUT2D eigenvalue weighted by Crippen LogP contribution is 2.25. The van der Waals surface area contributed by atoms with E-state index in [0.29, 0.717) is 11.6 Å². The maximum Gasteiger partial charge on any atom is 0.411 e. The highest BCUT2D eigenvalue weighted by molar-refractivity contribution is 6.31. The summed E-state index contributed by atoms with van der Waals surface area (Å²) in [6.45, 7) is 2.12. The molecule has 0 saturated heterocycles. The van der Waals surface area contributed by atoms with E-state index in [1.165, 1.54) is 0 Å². The number of rotatable bonds is 8. The zero-order valence-electron chi connectivity index (χ0n) is 11.3. The largest absolute Gasteiger partial charge is 0.411 e. The molecule has 0 aromatic heterocycles. The lowest BCUT2D eigenvalue weighted by Crippen LogP contribution is -2.27. The van der Waals surface area contributed by atoms with E-state index >= 15 is 0 Å². The minimum atomic E-state index is -4.30. The summed E-state index contributed by atoms with van der Waals surface area (Å²) in [4.78, 5) is 0. The molecule has 1 N–H and O–H groups in total. The molecule has 6 heteroatoms. The van der Waals surface area contributed by atoms with Crippen LogP contribution in [0.4, 0.5) is 13.2 Å². The van der Waals surface area contributed by atoms with E-state index in [2.05, 4.69) is 5.32 Å². The van der Waals surface area contributed by atoms with Crippen molar-refractivity contribution in [3.63, 3.8) is 0 Å². The standard InChI is InChI=1S/C14H19ClF3NO/c1-2-7-19-8-11(9-20-10-14(16,17)18)12-5-3-4-6-13(12)15/h3-6,11,19H,2,7-10H2,1H3. The van der Waals surface area contributed by atoms with Gasteiger partial charge < -0.3 is 10.1 Å². The van der Waals surface area contributed by atoms with Crippen molar-refractivity contribution in [2.24, 2.45) is 0 Å². The van der Waals surface area contributed by atoms with Crippen molar-refractivity contribution in [1.29, 1.82) is 0 Å². The number of ether oxygens (including phenoxy) is 1. The Balaban J connectivity index is 2.63. The molecule has 1 unspecified atom stereocenters. The molecule has 0 aliphatic carbocycles. The van der Waals surface area contributed by atoms with Crippen molar-refractivity contribution in [3.05, 3.63) is 34.9 Å². The third-order valence-corrected chi connectivity index (χ3v) is 3.09. The van der Waals surface area contributed by atoms with Gasteiger partial charge in [-0.3, -0.25) is 0 Å². The van der Waals surface area contributed by atoms with Crippen molar-refractivity contribution in [2.75, 3.05) is 26.3 Å². The predicted molar refractivity (Wildman–Crippen MR) is 74.2 cm³/mol. The predicted octanol–water partition coefficient (Wildman–Crippen LogP) is 4.00. The van der Waals surface area contributed by atoms with E-state index in [1.54, 1.807) is 12.1 Å². The summed E-state index contributed by atoms with van der Waals surface area (Å²) in [6.07, 6.45) is -3.35. The molecule has 114 valence electrons. The maximum absolute atomic E-state index is 12.1. The lowest BCUT2D eigenvalue weighted by molar-refractivity contribution is -0.174. The molecule has 0 aliphatic rings. The average Bonchev–Trinajstić information content (AvgIpc) is 2.37. The Bertz CT molecular complexity index is 398. The summed E-state index contributed by atoms with van der Waals surface area (Å²) in [5, 5.41) is 3.74. The highest BCUT2D eigenvalue weighted by Gasteiger charge is 2.28. The molecule has 0 radical (unpaired) electrons. The zero-order valence-corrected chi connectivity index (χ0v) is 12.1. The Morgan fingerprint density at radius 2 is 2.00 bits per heavy atom. The molecule has 0 amide bonds. The molecule has 0 fully saturated rings. The summed E-state index contributed by atoms with van der Waals surface area (Å²) in [5.41, 5.74) is 0.806. The molecule has 0 aliphatic heterocycles. The molecular weight excluding hydrogens is 291 g/mol. The number of alkyl halides is 3. The zero-order chi connectivity index (χ0) is 15.0. The quantitative estimate of drug-likeness (QED) is 0.733. The van der Waals surface area contributed by atoms with Crippen LogP contribution in [0.25, 0.3) is 0 Å². The van der Waals surface area contributed by atoms with Gasteiger partial charge >= 0.3 is 6.18 Å². The fraction of sp³-hybridized carbons (Fsp3) is 0.571. The first kappa shape index (κ1) is 17.3. The number of benzene rings is 1. The summed E-state index contributed by atoms with van der Waals surface area (Å²) >= 11 is 6.10. The van der Waals surface area contributed by atoms with Crippen LogP contribution in [-0.4, -0.2) is 32.5 Å². The smallest absolute Gasteiger partial charge is 0.371 e. The molecule has 1 rings (SSSR count). The molecule has 0 spiro atoms. The Kier molecular flexibility index (Phi) is 7.34. The van der Waals surface area contributed by atoms with Crippen molar-refractivity contribution in [1.82, 2.24) is 5.32 Å². The molecule has 1 aromatic rings. The SMILES string of the molecule is CCCNCC(COCC(F)(F)F)c1ccccc1Cl. The second-order valence-corrected chi connectivity index (χ2v) is 4.96. The van der Waals surface area contributed by atoms with Crippen LogP contribution in [0.15, 0.2) is 24.3 Å². The molecule has 20 heavy (non-hydrogen) atoms. The number of hydrogen-bond acceptors (Lipinski definition) is 2. The van der Waals surface area contributed by atoms with Crippen molar-refractivity contribution >= 4 is 11.6 Å². The van der Waals surface area contributed by atoms with Gasteiger partial charge in [-0.05, 0) is 24.6 Å². The van der Waals surface area contributed by atoms with Gasteiger partial charge in [0.05, 0.1) is 6.61 Å². The van der Waals surface area contributed by atoms with Crippen LogP contribution in [0.3, 0.4) is 0 Å². The van der Waals surface area contributed by atoms with E-state index in [-0.39, 0.29) is 12.5 Å². The van der Waals surface area contributed by atoms with Crippen LogP contribution >= 0.6 is 11.6 Å². The van der Waals surface area contributed by atoms with Crippen molar-refractivity contribution in [3.8, 4) is 0 Å². The van der Waals surface area contributed by atoms with E-state index in [9.17, 15) is 13.2 Å². The van der Waals surface area contributed by atoms with Gasteiger partial charge in [0.25, 0.3) is 0 Å². The first-order chi connectivity index (χ1) is 9.44. The van der Waals surface area contributed by atoms with Crippen LogP contribution in [0.2, 0.25) is 5.02 Å². The summed E-state index contributed by atoms with van der Waals surface area (Å²) in [5.74, 6) is -0.197. The highest BCUT2D eigenvalue weighted by atomic mass is 35.5. The lowest BCUT2D eigenvalue weighted by atomic mass is 10.00. The summed E-state index contributed by atoms with van der Waals surface area (Å²) < 4.78 is 41.2. The second kappa shape index (κ2) is 8.49. The fourth-order valence-corrected chi connectivity index (χ4v) is 2.12. The van der Waals surface area contributed by atoms with Crippen molar-refractivity contribution < 1.29 is 17.9 Å². The van der Waals surface area contributed by atoms with Gasteiger partial charge in [-0.15, -0.1) is 0 Å². The molecule has 1 atom stereocenters. The molecule has 0 heterocycles. The third-order valence-electron chi connectivity index (χ3n) is 2.75. The van der Waals surface area contributed by atoms with Crippen LogP contribution in [0.1, 0.15) is 24.8 Å². The lowest BCUT2D eigenvalue weighted by Gasteiger charge is -2.20. The Morgan fingerprint density at radius 3 is 2.60 bits per heavy atom. The number of nitrogens with one attached hydrogen (secondary N) is 1. The summed E-state index contributed by atoms with van der Waals surface area (Å²) in [7, 11) is 0. The Morgan fingerprint density at radius 1 is 1.30 bits per heavy atom. The van der Waals surface area contributed by atoms with Gasteiger partial charge in [-0.1, -0.05) is 36.7 Å². The van der Waals surface area contributed by atoms with Crippen LogP contribution < -0.4 is 5.32 Å². The molecule has 0 saturated carbocycles. The number of halogens is 4. The third kappa shape index (κ3) is 6.59. The minimum absolute atomic E-state index is 0.0139. The molecule has 2 nitrogen and oxygen atoms in total. The van der Waals surface area contributed by atoms with Crippen LogP contribution in [0, 0.1) is 0 Å². The molecule has 0 bridgehead atoms. The minimum Gasteiger partial charge on any atom is -0.371 e. The Hall–Kier alpha value is -0.780. The second-order valence-electron chi connectivity index (χ2n) is 4.55. The van der Waals surface area contributed by atoms with Crippen LogP contribution in [-0.2, 0) is 4.74 Å². The van der Waals surface area contributed by atoms with E-state index in [1.807, 2.05) is 19.1 Å². The maximum atomic E-state index is 12.1. The topological polar surface area (TPSA) is 21.3 Å². The van der Waals surface area contributed by atoms with Gasteiger partial charge in [0, 0.05) is 17.5 Å². The van der Waals surface area contributed by atoms with Crippen molar-refractivity contribution in [2.45, 2.75) is 25.4 Å². The van der Waals surface area contributed by atoms with E-state index in [4.69, 9.17) is 16.3 Å². The van der Waals surface area contributed by atoms with Gasteiger partial charge in [0.1, 0.15) is 6.61 Å². The van der Waals surface area contributed by atoms with E-state index in [0.717, 1.165) is 18.5 Å². The van der Waals surface area contributed by atoms with Gasteiger partial charge in [-0.25, -0.2) is 0 Å². The first-order valence-electron chi connectivity index (χ1n) is 6.53. The molecular formula is C14H19ClF3NO. The fourth-order valence-electron chi connectivity index (χ4n) is 1.83. The molecule has 1 aromatic carbocycles. The van der Waals surface area contributed by atoms with Crippen LogP contribution in [0.5, 0.6) is 0 Å². The van der Waals surface area contributed by atoms with Gasteiger partial charge in [-0.2, -0.15) is 13.2 Å². The average molecular weight is 310 g/mol. The number of hydrogen-bond donors (Lipinski definition) is 1. The normalized spacial score (nSPS) is 13.4. The van der Waals surface area contributed by atoms with Gasteiger partial charge in [0.2, 0.25) is 0 Å². The summed E-state index contributed by atoms with van der Waals surface area (Å²) in [6, 6.07) is 7.15. The Labute approximate surface area is 122 Å². The monoisotopic (exact) mass is 309 g/mol.